The average Bonchev–Trinajstić information content (AvgIpc) is 3.54. The normalized spacial score (nSPS) is 16.8. The largest absolute Gasteiger partial charge is 0.497 e. The minimum absolute atomic E-state index is 0.165. The first kappa shape index (κ1) is 42.9. The van der Waals surface area contributed by atoms with E-state index in [4.69, 9.17) is 35.7 Å². The summed E-state index contributed by atoms with van der Waals surface area (Å²) >= 11 is 0. The van der Waals surface area contributed by atoms with E-state index in [0.717, 1.165) is 85.7 Å². The number of para-hydroxylation sites is 1. The maximum Gasteiger partial charge on any atom is 0.309 e. The molecule has 0 spiro atoms. The number of nitrogens with zero attached hydrogens (tertiary/aromatic N) is 2. The summed E-state index contributed by atoms with van der Waals surface area (Å²) in [4.78, 5) is 0. The van der Waals surface area contributed by atoms with Gasteiger partial charge in [0.25, 0.3) is 0 Å². The first-order valence-corrected chi connectivity index (χ1v) is 22.7. The zero-order chi connectivity index (χ0) is 42.8. The molecule has 1 saturated carbocycles. The number of rotatable bonds is 8. The molecule has 3 atom stereocenters. The second kappa shape index (κ2) is 16.0. The summed E-state index contributed by atoms with van der Waals surface area (Å²) in [5.41, 5.74) is 5.70. The molecule has 2 heterocycles. The molecule has 0 amide bonds. The van der Waals surface area contributed by atoms with Crippen LogP contribution in [0, 0.1) is 0 Å². The molecule has 1 aliphatic carbocycles. The Labute approximate surface area is 350 Å². The fraction of sp³-hybridized carbons (Fsp3) is 0.489. The van der Waals surface area contributed by atoms with Crippen molar-refractivity contribution in [3.8, 4) is 23.0 Å². The number of hydrogen-bond acceptors (Lipinski definition) is 10. The van der Waals surface area contributed by atoms with Crippen LogP contribution < -0.4 is 28.3 Å². The van der Waals surface area contributed by atoms with Crippen LogP contribution in [0.5, 0.6) is 23.0 Å². The third-order valence-corrected chi connectivity index (χ3v) is 14.8. The number of methoxy groups -OCH3 is 4. The van der Waals surface area contributed by atoms with Gasteiger partial charge in [0.1, 0.15) is 39.7 Å². The van der Waals surface area contributed by atoms with Gasteiger partial charge in [0.2, 0.25) is 0 Å². The molecule has 0 bridgehead atoms. The Bertz CT molecular complexity index is 2530. The number of hydrogen-bond donors (Lipinski definition) is 0. The Morgan fingerprint density at radius 1 is 0.525 bits per heavy atom. The highest BCUT2D eigenvalue weighted by Crippen LogP contribution is 2.49. The minimum Gasteiger partial charge on any atom is -0.497 e. The highest BCUT2D eigenvalue weighted by Gasteiger charge is 2.36. The van der Waals surface area contributed by atoms with Crippen molar-refractivity contribution < 1.29 is 35.7 Å². The molecule has 59 heavy (non-hydrogen) atoms. The van der Waals surface area contributed by atoms with Crippen molar-refractivity contribution in [3.63, 3.8) is 0 Å². The molecule has 7 rings (SSSR count). The third kappa shape index (κ3) is 8.19. The van der Waals surface area contributed by atoms with Gasteiger partial charge in [0.15, 0.2) is 5.58 Å². The predicted octanol–water partition coefficient (Wildman–Crippen LogP) is 13.6. The van der Waals surface area contributed by atoms with Crippen LogP contribution in [-0.4, -0.2) is 54.6 Å². The standard InChI is InChI=1S/C47H62N2O8P2/c1-45(2,3)36-18-16-17-33-41-39(53-15)26-32(52-14)27-40(41)54-58(55-42(33)36)48(10)28-19-20-29(21-28)49(11)59-56-43-34(22-30(50-12)24-37(43)46(4,5)6)35-23-31(51-13)25-38(44(35)57-59)47(7,8)9/h16-18,22-29H,19-21H2,1-15H3/t28-,29?,58?/m1/s1. The lowest BCUT2D eigenvalue weighted by Crippen LogP contribution is -2.31. The lowest BCUT2D eigenvalue weighted by atomic mass is 9.84. The highest BCUT2D eigenvalue weighted by molar-refractivity contribution is 7.39. The van der Waals surface area contributed by atoms with Gasteiger partial charge < -0.3 is 35.7 Å². The van der Waals surface area contributed by atoms with Crippen LogP contribution in [0.3, 0.4) is 0 Å². The molecule has 0 radical (unpaired) electrons. The van der Waals surface area contributed by atoms with E-state index in [-0.39, 0.29) is 28.3 Å². The van der Waals surface area contributed by atoms with Gasteiger partial charge in [0.05, 0.1) is 33.8 Å². The van der Waals surface area contributed by atoms with Crippen molar-refractivity contribution in [2.24, 2.45) is 0 Å². The summed E-state index contributed by atoms with van der Waals surface area (Å²) in [6.07, 6.45) is 2.77. The lowest BCUT2D eigenvalue weighted by Gasteiger charge is -2.24. The number of fused-ring (bicyclic) bond motifs is 6. The molecule has 1 aliphatic rings. The van der Waals surface area contributed by atoms with Gasteiger partial charge in [-0.15, -0.1) is 0 Å². The molecule has 2 unspecified atom stereocenters. The van der Waals surface area contributed by atoms with Crippen LogP contribution in [0.4, 0.5) is 0 Å². The maximum absolute atomic E-state index is 7.20. The molecule has 0 saturated heterocycles. The summed E-state index contributed by atoms with van der Waals surface area (Å²) in [6, 6.07) is 18.8. The topological polar surface area (TPSA) is 96.0 Å². The number of ether oxygens (including phenoxy) is 4. The van der Waals surface area contributed by atoms with Crippen LogP contribution in [-0.2, 0) is 16.2 Å². The van der Waals surface area contributed by atoms with E-state index in [1.165, 1.54) is 0 Å². The zero-order valence-electron chi connectivity index (χ0n) is 37.5. The van der Waals surface area contributed by atoms with Gasteiger partial charge in [-0.1, -0.05) is 80.5 Å². The van der Waals surface area contributed by atoms with Gasteiger partial charge in [0, 0.05) is 71.2 Å². The van der Waals surface area contributed by atoms with E-state index in [2.05, 4.69) is 128 Å². The van der Waals surface area contributed by atoms with Crippen LogP contribution in [0.25, 0.3) is 43.9 Å². The van der Waals surface area contributed by atoms with E-state index in [1.54, 1.807) is 28.4 Å². The predicted molar refractivity (Wildman–Crippen MR) is 245 cm³/mol. The van der Waals surface area contributed by atoms with Crippen LogP contribution in [0.1, 0.15) is 98.3 Å². The van der Waals surface area contributed by atoms with Gasteiger partial charge >= 0.3 is 16.3 Å². The molecule has 0 N–H and O–H groups in total. The Morgan fingerprint density at radius 2 is 0.966 bits per heavy atom. The number of benzene rings is 4. The van der Waals surface area contributed by atoms with Crippen molar-refractivity contribution >= 4 is 60.2 Å². The van der Waals surface area contributed by atoms with Gasteiger partial charge in [-0.3, -0.25) is 0 Å². The first-order chi connectivity index (χ1) is 27.8. The van der Waals surface area contributed by atoms with Crippen LogP contribution >= 0.6 is 16.3 Å². The first-order valence-electron chi connectivity index (χ1n) is 20.4. The average molecular weight is 845 g/mol. The summed E-state index contributed by atoms with van der Waals surface area (Å²) in [5.74, 6) is 2.87. The molecule has 318 valence electrons. The van der Waals surface area contributed by atoms with Gasteiger partial charge in [-0.2, -0.15) is 0 Å². The molecule has 10 nitrogen and oxygen atoms in total. The highest BCUT2D eigenvalue weighted by atomic mass is 31.1. The Kier molecular flexibility index (Phi) is 11.6. The second-order valence-corrected chi connectivity index (χ2v) is 21.8. The third-order valence-electron chi connectivity index (χ3n) is 11.7. The Balaban J connectivity index is 1.37. The zero-order valence-corrected chi connectivity index (χ0v) is 39.3. The minimum atomic E-state index is -1.61. The van der Waals surface area contributed by atoms with E-state index in [9.17, 15) is 0 Å². The smallest absolute Gasteiger partial charge is 0.309 e. The summed E-state index contributed by atoms with van der Waals surface area (Å²) in [7, 11) is 7.85. The molecule has 6 aromatic rings. The Morgan fingerprint density at radius 3 is 1.41 bits per heavy atom. The van der Waals surface area contributed by atoms with Crippen molar-refractivity contribution in [3.05, 3.63) is 71.3 Å². The lowest BCUT2D eigenvalue weighted by molar-refractivity contribution is 0.397. The van der Waals surface area contributed by atoms with Crippen LogP contribution in [0.2, 0.25) is 0 Å². The molecule has 2 aromatic heterocycles. The fourth-order valence-electron chi connectivity index (χ4n) is 8.25. The molecule has 4 aromatic carbocycles. The molecule has 12 heteroatoms. The Hall–Kier alpha value is -4.20. The van der Waals surface area contributed by atoms with Crippen molar-refractivity contribution in [2.45, 2.75) is 110 Å². The van der Waals surface area contributed by atoms with Crippen molar-refractivity contribution in [1.29, 1.82) is 0 Å². The SMILES string of the molecule is COc1cc(OC)c2c(c1)op(N(C)[C@@H]1CCC(N(C)p3oc4c(C(C)(C)C)cc(OC)cc4c4cc(OC)cc(C(C)(C)C)c4o3)C1)oc1c(C(C)(C)C)cccc12. The summed E-state index contributed by atoms with van der Waals surface area (Å²) in [5, 5.41) is 3.68. The van der Waals surface area contributed by atoms with Crippen LogP contribution in [0.15, 0.2) is 71.4 Å². The van der Waals surface area contributed by atoms with Gasteiger partial charge in [-0.25, -0.2) is 9.34 Å². The maximum atomic E-state index is 7.20. The quantitative estimate of drug-likeness (QED) is 0.147. The second-order valence-electron chi connectivity index (χ2n) is 18.8. The monoisotopic (exact) mass is 844 g/mol. The fourth-order valence-corrected chi connectivity index (χ4v) is 11.2. The van der Waals surface area contributed by atoms with Crippen molar-refractivity contribution in [2.75, 3.05) is 51.9 Å². The molecular weight excluding hydrogens is 782 g/mol. The van der Waals surface area contributed by atoms with Gasteiger partial charge in [-0.05, 0) is 59.8 Å². The molecule has 0 aliphatic heterocycles. The van der Waals surface area contributed by atoms with E-state index in [1.807, 2.05) is 12.1 Å². The molecular formula is C47H62N2O8P2. The summed E-state index contributed by atoms with van der Waals surface area (Å²) < 4.78 is 56.5. The summed E-state index contributed by atoms with van der Waals surface area (Å²) in [6.45, 7) is 19.9. The van der Waals surface area contributed by atoms with E-state index < -0.39 is 16.3 Å². The van der Waals surface area contributed by atoms with E-state index >= 15 is 0 Å². The molecule has 1 fully saturated rings. The van der Waals surface area contributed by atoms with Crippen molar-refractivity contribution in [1.82, 2.24) is 0 Å². The van der Waals surface area contributed by atoms with E-state index in [0.29, 0.717) is 17.1 Å².